The van der Waals surface area contributed by atoms with Crippen molar-refractivity contribution in [3.05, 3.63) is 80.5 Å². The van der Waals surface area contributed by atoms with Crippen molar-refractivity contribution in [2.45, 2.75) is 22.3 Å². The van der Waals surface area contributed by atoms with Crippen LogP contribution in [0.1, 0.15) is 11.1 Å². The molecule has 5 rings (SSSR count). The number of thiophene rings is 2. The Balaban J connectivity index is 1.57. The van der Waals surface area contributed by atoms with Gasteiger partial charge < -0.3 is 0 Å². The zero-order chi connectivity index (χ0) is 27.6. The Kier molecular flexibility index (Phi) is 7.09. The van der Waals surface area contributed by atoms with E-state index in [2.05, 4.69) is 9.44 Å². The molecule has 0 amide bonds. The summed E-state index contributed by atoms with van der Waals surface area (Å²) in [5.41, 5.74) is 0.356. The number of anilines is 2. The molecule has 0 aliphatic rings. The minimum atomic E-state index is -4.26. The van der Waals surface area contributed by atoms with Gasteiger partial charge in [0.05, 0.1) is 16.4 Å². The number of hydrogen-bond donors (Lipinski definition) is 2. The van der Waals surface area contributed by atoms with E-state index in [4.69, 9.17) is 34.8 Å². The molecule has 0 saturated carbocycles. The second kappa shape index (κ2) is 9.81. The molecule has 0 aliphatic carbocycles. The number of rotatable bonds is 6. The molecule has 2 N–H and O–H groups in total. The molecule has 38 heavy (non-hydrogen) atoms. The summed E-state index contributed by atoms with van der Waals surface area (Å²) in [7, 11) is -8.48. The van der Waals surface area contributed by atoms with Gasteiger partial charge in [-0.2, -0.15) is 0 Å². The second-order valence-corrected chi connectivity index (χ2v) is 15.5. The minimum Gasteiger partial charge on any atom is -0.277 e. The van der Waals surface area contributed by atoms with Gasteiger partial charge in [0, 0.05) is 25.5 Å². The van der Waals surface area contributed by atoms with E-state index in [9.17, 15) is 21.2 Å². The molecular formula is C24H16Cl3FN2O4S4. The lowest BCUT2D eigenvalue weighted by Gasteiger charge is -2.15. The van der Waals surface area contributed by atoms with Gasteiger partial charge in [-0.1, -0.05) is 34.8 Å². The normalized spacial score (nSPS) is 12.4. The summed E-state index contributed by atoms with van der Waals surface area (Å²) in [6.07, 6.45) is 0. The van der Waals surface area contributed by atoms with Crippen LogP contribution in [0, 0.1) is 19.7 Å². The Morgan fingerprint density at radius 1 is 0.684 bits per heavy atom. The molecule has 0 unspecified atom stereocenters. The Labute approximate surface area is 241 Å². The fourth-order valence-corrected chi connectivity index (χ4v) is 10.1. The molecule has 0 aliphatic heterocycles. The first-order valence-corrected chi connectivity index (χ1v) is 16.4. The highest BCUT2D eigenvalue weighted by Gasteiger charge is 2.27. The maximum atomic E-state index is 14.5. The van der Waals surface area contributed by atoms with Gasteiger partial charge in [0.15, 0.2) is 0 Å². The van der Waals surface area contributed by atoms with Crippen molar-refractivity contribution >= 4 is 109 Å². The number of halogens is 4. The summed E-state index contributed by atoms with van der Waals surface area (Å²) in [5, 5.41) is 1.84. The predicted molar refractivity (Wildman–Crippen MR) is 156 cm³/mol. The van der Waals surface area contributed by atoms with Crippen LogP contribution < -0.4 is 9.44 Å². The summed E-state index contributed by atoms with van der Waals surface area (Å²) in [5.74, 6) is -0.931. The molecule has 3 aromatic carbocycles. The molecule has 2 heterocycles. The molecular weight excluding hydrogens is 634 g/mol. The molecule has 0 radical (unpaired) electrons. The number of nitrogens with one attached hydrogen (secondary N) is 2. The second-order valence-electron chi connectivity index (χ2n) is 8.33. The topological polar surface area (TPSA) is 92.3 Å². The Morgan fingerprint density at radius 3 is 1.55 bits per heavy atom. The molecule has 14 heteroatoms. The lowest BCUT2D eigenvalue weighted by atomic mass is 10.2. The molecule has 0 spiro atoms. The Bertz CT molecular complexity index is 1840. The van der Waals surface area contributed by atoms with Crippen LogP contribution in [-0.4, -0.2) is 16.8 Å². The van der Waals surface area contributed by atoms with Gasteiger partial charge in [-0.15, -0.1) is 22.7 Å². The predicted octanol–water partition coefficient (Wildman–Crippen LogP) is 8.43. The van der Waals surface area contributed by atoms with Crippen molar-refractivity contribution < 1.29 is 21.2 Å². The highest BCUT2D eigenvalue weighted by atomic mass is 35.5. The first kappa shape index (κ1) is 27.4. The van der Waals surface area contributed by atoms with Crippen LogP contribution in [0.2, 0.25) is 15.1 Å². The van der Waals surface area contributed by atoms with Crippen LogP contribution in [-0.2, 0) is 20.0 Å². The standard InChI is InChI=1S/C24H16Cl3FN2O4S4/c1-11-15-7-13(25)3-5-21(15)35-23(11)37(31,32)29-19-9-17(27)18(28)10-20(19)30-38(33,34)24-12(2)16-8-14(26)4-6-22(16)36-24/h3-10,29-30H,1-2H3. The number of sulfonamides is 2. The summed E-state index contributed by atoms with van der Waals surface area (Å²) in [6, 6.07) is 11.9. The summed E-state index contributed by atoms with van der Waals surface area (Å²) < 4.78 is 74.1. The third-order valence-corrected chi connectivity index (χ3v) is 13.0. The highest BCUT2D eigenvalue weighted by molar-refractivity contribution is 7.95. The molecule has 6 nitrogen and oxygen atoms in total. The molecule has 198 valence electrons. The van der Waals surface area contributed by atoms with Gasteiger partial charge in [-0.3, -0.25) is 9.44 Å². The Hall–Kier alpha value is -2.12. The average Bonchev–Trinajstić information content (AvgIpc) is 3.34. The maximum Gasteiger partial charge on any atom is 0.271 e. The fourth-order valence-electron chi connectivity index (χ4n) is 3.95. The van der Waals surface area contributed by atoms with Crippen LogP contribution >= 0.6 is 57.5 Å². The number of fused-ring (bicyclic) bond motifs is 2. The summed E-state index contributed by atoms with van der Waals surface area (Å²) in [4.78, 5) is 0. The van der Waals surface area contributed by atoms with Crippen molar-refractivity contribution in [3.8, 4) is 0 Å². The van der Waals surface area contributed by atoms with Gasteiger partial charge in [0.2, 0.25) is 0 Å². The first-order chi connectivity index (χ1) is 17.8. The van der Waals surface area contributed by atoms with Gasteiger partial charge in [-0.05, 0) is 78.2 Å². The van der Waals surface area contributed by atoms with Gasteiger partial charge in [0.1, 0.15) is 14.2 Å². The van der Waals surface area contributed by atoms with Crippen molar-refractivity contribution in [1.82, 2.24) is 0 Å². The van der Waals surface area contributed by atoms with E-state index in [1.54, 1.807) is 50.2 Å². The first-order valence-electron chi connectivity index (χ1n) is 10.7. The monoisotopic (exact) mass is 648 g/mol. The summed E-state index contributed by atoms with van der Waals surface area (Å²) >= 11 is 20.1. The van der Waals surface area contributed by atoms with Crippen LogP contribution in [0.25, 0.3) is 20.2 Å². The zero-order valence-electron chi connectivity index (χ0n) is 19.4. The largest absolute Gasteiger partial charge is 0.277 e. The summed E-state index contributed by atoms with van der Waals surface area (Å²) in [6.45, 7) is 3.27. The number of hydrogen-bond acceptors (Lipinski definition) is 6. The third-order valence-electron chi connectivity index (χ3n) is 5.75. The van der Waals surface area contributed by atoms with Crippen molar-refractivity contribution in [3.63, 3.8) is 0 Å². The van der Waals surface area contributed by atoms with Crippen molar-refractivity contribution in [2.24, 2.45) is 0 Å². The fraction of sp³-hybridized carbons (Fsp3) is 0.0833. The van der Waals surface area contributed by atoms with Crippen LogP contribution in [0.5, 0.6) is 0 Å². The van der Waals surface area contributed by atoms with Crippen molar-refractivity contribution in [1.29, 1.82) is 0 Å². The Morgan fingerprint density at radius 2 is 1.11 bits per heavy atom. The van der Waals surface area contributed by atoms with Gasteiger partial charge in [-0.25, -0.2) is 21.2 Å². The molecule has 0 fully saturated rings. The number of benzene rings is 3. The van der Waals surface area contributed by atoms with E-state index >= 15 is 0 Å². The van der Waals surface area contributed by atoms with E-state index in [1.807, 2.05) is 0 Å². The van der Waals surface area contributed by atoms with E-state index in [0.29, 0.717) is 41.3 Å². The highest BCUT2D eigenvalue weighted by Crippen LogP contribution is 2.40. The van der Waals surface area contributed by atoms with Crippen molar-refractivity contribution in [2.75, 3.05) is 9.44 Å². The van der Waals surface area contributed by atoms with Gasteiger partial charge >= 0.3 is 0 Å². The zero-order valence-corrected chi connectivity index (χ0v) is 24.9. The smallest absolute Gasteiger partial charge is 0.271 e. The van der Waals surface area contributed by atoms with E-state index in [-0.39, 0.29) is 19.8 Å². The van der Waals surface area contributed by atoms with E-state index in [0.717, 1.165) is 34.8 Å². The van der Waals surface area contributed by atoms with Crippen LogP contribution in [0.15, 0.2) is 56.9 Å². The minimum absolute atomic E-state index is 0.00116. The quantitative estimate of drug-likeness (QED) is 0.193. The third kappa shape index (κ3) is 4.97. The van der Waals surface area contributed by atoms with E-state index < -0.39 is 30.9 Å². The molecule has 5 aromatic rings. The van der Waals surface area contributed by atoms with E-state index in [1.165, 1.54) is 0 Å². The molecule has 0 saturated heterocycles. The van der Waals surface area contributed by atoms with Crippen LogP contribution in [0.4, 0.5) is 15.8 Å². The van der Waals surface area contributed by atoms with Gasteiger partial charge in [0.25, 0.3) is 20.0 Å². The maximum absolute atomic E-state index is 14.5. The molecule has 2 aromatic heterocycles. The lowest BCUT2D eigenvalue weighted by Crippen LogP contribution is -2.17. The number of aryl methyl sites for hydroxylation is 2. The SMILES string of the molecule is Cc1c(S(=O)(=O)Nc2cc(F)c(Cl)cc2NS(=O)(=O)c2sc3ccc(Cl)cc3c2C)sc2ccc(Cl)cc12. The molecule has 0 atom stereocenters. The lowest BCUT2D eigenvalue weighted by molar-refractivity contribution is 0.600. The van der Waals surface area contributed by atoms with Crippen LogP contribution in [0.3, 0.4) is 0 Å². The average molecular weight is 650 g/mol. The molecule has 0 bridgehead atoms.